The highest BCUT2D eigenvalue weighted by atomic mass is 16.4. The molecular weight excluding hydrogens is 208 g/mol. The van der Waals surface area contributed by atoms with Gasteiger partial charge in [0.15, 0.2) is 0 Å². The van der Waals surface area contributed by atoms with E-state index < -0.39 is 11.4 Å². The van der Waals surface area contributed by atoms with Crippen molar-refractivity contribution in [3.8, 4) is 0 Å². The molecule has 1 aliphatic heterocycles. The summed E-state index contributed by atoms with van der Waals surface area (Å²) in [5.74, 6) is -0.740. The smallest absolute Gasteiger partial charge is 0.310 e. The van der Waals surface area contributed by atoms with Crippen LogP contribution < -0.4 is 5.32 Å². The summed E-state index contributed by atoms with van der Waals surface area (Å²) in [6.07, 6.45) is 1.37. The molecule has 1 saturated heterocycles. The van der Waals surface area contributed by atoms with Crippen LogP contribution in [0.25, 0.3) is 0 Å². The second kappa shape index (κ2) is 5.30. The van der Waals surface area contributed by atoms with Gasteiger partial charge in [-0.15, -0.1) is 0 Å². The lowest BCUT2D eigenvalue weighted by molar-refractivity contribution is -0.148. The molecule has 5 nitrogen and oxygen atoms in total. The summed E-state index contributed by atoms with van der Waals surface area (Å²) in [5, 5.41) is 11.9. The third-order valence-corrected chi connectivity index (χ3v) is 3.37. The number of carboxylic acids is 1. The average Bonchev–Trinajstić information content (AvgIpc) is 2.62. The summed E-state index contributed by atoms with van der Waals surface area (Å²) < 4.78 is 0. The molecule has 2 N–H and O–H groups in total. The van der Waals surface area contributed by atoms with Gasteiger partial charge in [-0.25, -0.2) is 0 Å². The number of hydrogen-bond donors (Lipinski definition) is 2. The van der Waals surface area contributed by atoms with Crippen molar-refractivity contribution in [3.63, 3.8) is 0 Å². The van der Waals surface area contributed by atoms with E-state index in [1.165, 1.54) is 6.92 Å². The summed E-state index contributed by atoms with van der Waals surface area (Å²) >= 11 is 0. The average molecular weight is 228 g/mol. The first kappa shape index (κ1) is 13.0. The van der Waals surface area contributed by atoms with Crippen molar-refractivity contribution in [1.29, 1.82) is 0 Å². The normalized spacial score (nSPS) is 25.6. The molecule has 1 atom stereocenters. The second-order valence-electron chi connectivity index (χ2n) is 4.45. The Labute approximate surface area is 95.8 Å². The van der Waals surface area contributed by atoms with Crippen molar-refractivity contribution in [3.05, 3.63) is 0 Å². The summed E-state index contributed by atoms with van der Waals surface area (Å²) in [6, 6.07) is 0. The molecule has 0 aromatic heterocycles. The van der Waals surface area contributed by atoms with Gasteiger partial charge in [0.25, 0.3) is 0 Å². The van der Waals surface area contributed by atoms with Gasteiger partial charge in [-0.2, -0.15) is 0 Å². The van der Waals surface area contributed by atoms with Crippen LogP contribution in [0.2, 0.25) is 0 Å². The number of hydrogen-bond acceptors (Lipinski definition) is 3. The standard InChI is InChI=1S/C11H20N2O3/c1-3-11(10(15)16)4-6-13(8-11)7-5-12-9(2)14/h3-8H2,1-2H3,(H,12,14)(H,15,16). The topological polar surface area (TPSA) is 69.6 Å². The molecule has 0 aliphatic carbocycles. The number of carbonyl (C=O) groups excluding carboxylic acids is 1. The van der Waals surface area contributed by atoms with Crippen LogP contribution in [0.5, 0.6) is 0 Å². The van der Waals surface area contributed by atoms with Gasteiger partial charge in [0.2, 0.25) is 5.91 Å². The Balaban J connectivity index is 2.39. The van der Waals surface area contributed by atoms with Gasteiger partial charge in [0, 0.05) is 26.6 Å². The highest BCUT2D eigenvalue weighted by molar-refractivity contribution is 5.75. The Bertz CT molecular complexity index is 280. The Hall–Kier alpha value is -1.10. The third-order valence-electron chi connectivity index (χ3n) is 3.37. The molecule has 1 rings (SSSR count). The molecule has 1 fully saturated rings. The first-order valence-electron chi connectivity index (χ1n) is 5.70. The quantitative estimate of drug-likeness (QED) is 0.710. The largest absolute Gasteiger partial charge is 0.481 e. The lowest BCUT2D eigenvalue weighted by Crippen LogP contribution is -2.37. The number of rotatable bonds is 5. The minimum Gasteiger partial charge on any atom is -0.481 e. The molecule has 1 amide bonds. The fraction of sp³-hybridized carbons (Fsp3) is 0.818. The van der Waals surface area contributed by atoms with Gasteiger partial charge in [0.05, 0.1) is 5.41 Å². The van der Waals surface area contributed by atoms with Crippen LogP contribution in [0.4, 0.5) is 0 Å². The van der Waals surface area contributed by atoms with Gasteiger partial charge < -0.3 is 15.3 Å². The second-order valence-corrected chi connectivity index (χ2v) is 4.45. The van der Waals surface area contributed by atoms with Crippen LogP contribution in [0.15, 0.2) is 0 Å². The third kappa shape index (κ3) is 2.95. The number of nitrogens with zero attached hydrogens (tertiary/aromatic N) is 1. The molecule has 1 aliphatic rings. The molecule has 5 heteroatoms. The summed E-state index contributed by atoms with van der Waals surface area (Å²) in [7, 11) is 0. The fourth-order valence-corrected chi connectivity index (χ4v) is 2.15. The molecule has 0 aromatic rings. The van der Waals surface area contributed by atoms with Crippen molar-refractivity contribution >= 4 is 11.9 Å². The predicted octanol–water partition coefficient (Wildman–Crippen LogP) is 0.309. The highest BCUT2D eigenvalue weighted by Crippen LogP contribution is 2.33. The SMILES string of the molecule is CCC1(C(=O)O)CCN(CCNC(C)=O)C1. The first-order chi connectivity index (χ1) is 7.50. The number of nitrogens with one attached hydrogen (secondary N) is 1. The van der Waals surface area contributed by atoms with Crippen LogP contribution >= 0.6 is 0 Å². The van der Waals surface area contributed by atoms with Crippen molar-refractivity contribution < 1.29 is 14.7 Å². The van der Waals surface area contributed by atoms with Crippen LogP contribution in [0.1, 0.15) is 26.7 Å². The minimum atomic E-state index is -0.697. The molecule has 1 unspecified atom stereocenters. The molecule has 0 aromatic carbocycles. The van der Waals surface area contributed by atoms with Crippen molar-refractivity contribution in [1.82, 2.24) is 10.2 Å². The van der Waals surface area contributed by atoms with Gasteiger partial charge in [-0.1, -0.05) is 6.92 Å². The molecule has 1 heterocycles. The molecule has 0 spiro atoms. The Kier molecular flexibility index (Phi) is 4.29. The maximum Gasteiger partial charge on any atom is 0.310 e. The molecule has 92 valence electrons. The van der Waals surface area contributed by atoms with Crippen molar-refractivity contribution in [2.45, 2.75) is 26.7 Å². The summed E-state index contributed by atoms with van der Waals surface area (Å²) in [5.41, 5.74) is -0.573. The van der Waals surface area contributed by atoms with Crippen molar-refractivity contribution in [2.75, 3.05) is 26.2 Å². The molecule has 0 saturated carbocycles. The zero-order valence-corrected chi connectivity index (χ0v) is 9.95. The Morgan fingerprint density at radius 3 is 2.62 bits per heavy atom. The van der Waals surface area contributed by atoms with E-state index in [1.807, 2.05) is 6.92 Å². The number of carboxylic acid groups (broad SMARTS) is 1. The number of carbonyl (C=O) groups is 2. The number of likely N-dealkylation sites (tertiary alicyclic amines) is 1. The highest BCUT2D eigenvalue weighted by Gasteiger charge is 2.42. The van der Waals surface area contributed by atoms with E-state index >= 15 is 0 Å². The fourth-order valence-electron chi connectivity index (χ4n) is 2.15. The Morgan fingerprint density at radius 2 is 2.19 bits per heavy atom. The maximum absolute atomic E-state index is 11.2. The van der Waals surface area contributed by atoms with E-state index in [4.69, 9.17) is 0 Å². The van der Waals surface area contributed by atoms with E-state index in [-0.39, 0.29) is 5.91 Å². The van der Waals surface area contributed by atoms with Crippen LogP contribution in [-0.2, 0) is 9.59 Å². The predicted molar refractivity (Wildman–Crippen MR) is 60.1 cm³/mol. The molecular formula is C11H20N2O3. The zero-order chi connectivity index (χ0) is 12.2. The molecule has 0 radical (unpaired) electrons. The number of amides is 1. The maximum atomic E-state index is 11.2. The summed E-state index contributed by atoms with van der Waals surface area (Å²) in [6.45, 7) is 6.13. The van der Waals surface area contributed by atoms with Gasteiger partial charge in [-0.05, 0) is 19.4 Å². The van der Waals surface area contributed by atoms with Crippen LogP contribution in [0.3, 0.4) is 0 Å². The lowest BCUT2D eigenvalue weighted by atomic mass is 9.84. The van der Waals surface area contributed by atoms with Gasteiger partial charge >= 0.3 is 5.97 Å². The van der Waals surface area contributed by atoms with Crippen LogP contribution in [0, 0.1) is 5.41 Å². The first-order valence-corrected chi connectivity index (χ1v) is 5.70. The zero-order valence-electron chi connectivity index (χ0n) is 9.95. The van der Waals surface area contributed by atoms with Gasteiger partial charge in [-0.3, -0.25) is 9.59 Å². The Morgan fingerprint density at radius 1 is 1.50 bits per heavy atom. The van der Waals surface area contributed by atoms with E-state index in [0.29, 0.717) is 25.9 Å². The molecule has 16 heavy (non-hydrogen) atoms. The monoisotopic (exact) mass is 228 g/mol. The minimum absolute atomic E-state index is 0.0424. The van der Waals surface area contributed by atoms with E-state index in [2.05, 4.69) is 10.2 Å². The van der Waals surface area contributed by atoms with E-state index in [0.717, 1.165) is 13.1 Å². The lowest BCUT2D eigenvalue weighted by Gasteiger charge is -2.23. The molecule has 0 bridgehead atoms. The van der Waals surface area contributed by atoms with Crippen molar-refractivity contribution in [2.24, 2.45) is 5.41 Å². The van der Waals surface area contributed by atoms with E-state index in [9.17, 15) is 14.7 Å². The van der Waals surface area contributed by atoms with Crippen LogP contribution in [-0.4, -0.2) is 48.1 Å². The summed E-state index contributed by atoms with van der Waals surface area (Å²) in [4.78, 5) is 24.0. The van der Waals surface area contributed by atoms with Gasteiger partial charge in [0.1, 0.15) is 0 Å². The number of aliphatic carboxylic acids is 1. The van der Waals surface area contributed by atoms with E-state index in [1.54, 1.807) is 0 Å².